The summed E-state index contributed by atoms with van der Waals surface area (Å²) >= 11 is 0. The van der Waals surface area contributed by atoms with E-state index in [-0.39, 0.29) is 11.8 Å². The van der Waals surface area contributed by atoms with E-state index in [0.29, 0.717) is 46.7 Å². The van der Waals surface area contributed by atoms with Crippen molar-refractivity contribution in [3.63, 3.8) is 0 Å². The molecule has 1 saturated heterocycles. The first-order valence-corrected chi connectivity index (χ1v) is 12.4. The maximum Gasteiger partial charge on any atom is 0.274 e. The molecule has 2 amide bonds. The molecule has 2 unspecified atom stereocenters. The van der Waals surface area contributed by atoms with Gasteiger partial charge in [0.2, 0.25) is 0 Å². The van der Waals surface area contributed by atoms with Crippen LogP contribution in [0.15, 0.2) is 24.4 Å². The van der Waals surface area contributed by atoms with E-state index < -0.39 is 0 Å². The zero-order valence-corrected chi connectivity index (χ0v) is 20.1. The van der Waals surface area contributed by atoms with E-state index in [9.17, 15) is 9.59 Å². The summed E-state index contributed by atoms with van der Waals surface area (Å²) < 4.78 is 1.76. The number of imidazole rings is 1. The standard InChI is InChI=1S/C26H38N4O2/c1-5-20-19(8-7-13-26(20,3)4)16-27-24(31)22-9-6-10-23-28-21(17-30(22)23)25(32)29-14-11-18(2)12-15-29/h6,9-10,17-20H,5,7-8,11-16H2,1-4H3,(H,27,31). The third-order valence-electron chi connectivity index (χ3n) is 7.95. The number of rotatable bonds is 5. The van der Waals surface area contributed by atoms with Crippen molar-refractivity contribution in [2.45, 2.75) is 66.2 Å². The molecule has 0 aromatic carbocycles. The Hall–Kier alpha value is -2.37. The van der Waals surface area contributed by atoms with Crippen LogP contribution < -0.4 is 5.32 Å². The summed E-state index contributed by atoms with van der Waals surface area (Å²) in [7, 11) is 0. The summed E-state index contributed by atoms with van der Waals surface area (Å²) in [5.74, 6) is 1.65. The van der Waals surface area contributed by atoms with Crippen molar-refractivity contribution < 1.29 is 9.59 Å². The van der Waals surface area contributed by atoms with Crippen LogP contribution in [0.25, 0.3) is 5.65 Å². The minimum Gasteiger partial charge on any atom is -0.350 e. The lowest BCUT2D eigenvalue weighted by Crippen LogP contribution is -2.41. The first-order chi connectivity index (χ1) is 15.3. The van der Waals surface area contributed by atoms with Gasteiger partial charge in [0.25, 0.3) is 11.8 Å². The number of hydrogen-bond donors (Lipinski definition) is 1. The van der Waals surface area contributed by atoms with Crippen molar-refractivity contribution in [3.8, 4) is 0 Å². The monoisotopic (exact) mass is 438 g/mol. The van der Waals surface area contributed by atoms with Crippen LogP contribution in [-0.2, 0) is 0 Å². The fourth-order valence-electron chi connectivity index (χ4n) is 5.96. The molecule has 0 radical (unpaired) electrons. The predicted molar refractivity (Wildman–Crippen MR) is 127 cm³/mol. The van der Waals surface area contributed by atoms with Gasteiger partial charge in [0.1, 0.15) is 17.0 Å². The quantitative estimate of drug-likeness (QED) is 0.730. The number of nitrogens with one attached hydrogen (secondary N) is 1. The van der Waals surface area contributed by atoms with Crippen LogP contribution in [0.2, 0.25) is 0 Å². The number of nitrogens with zero attached hydrogens (tertiary/aromatic N) is 3. The molecule has 2 aliphatic rings. The average Bonchev–Trinajstić information content (AvgIpc) is 3.21. The van der Waals surface area contributed by atoms with Gasteiger partial charge in [0.05, 0.1) is 0 Å². The summed E-state index contributed by atoms with van der Waals surface area (Å²) in [5.41, 5.74) is 1.91. The first-order valence-electron chi connectivity index (χ1n) is 12.4. The lowest BCUT2D eigenvalue weighted by Gasteiger charge is -2.44. The number of hydrogen-bond acceptors (Lipinski definition) is 3. The summed E-state index contributed by atoms with van der Waals surface area (Å²) in [6.45, 7) is 11.5. The highest BCUT2D eigenvalue weighted by atomic mass is 16.2. The van der Waals surface area contributed by atoms with Gasteiger partial charge in [-0.2, -0.15) is 0 Å². The molecule has 0 spiro atoms. The molecule has 4 rings (SSSR count). The maximum atomic E-state index is 13.1. The van der Waals surface area contributed by atoms with Gasteiger partial charge in [-0.25, -0.2) is 4.98 Å². The number of likely N-dealkylation sites (tertiary alicyclic amines) is 1. The number of pyridine rings is 1. The van der Waals surface area contributed by atoms with Gasteiger partial charge in [-0.15, -0.1) is 0 Å². The zero-order valence-electron chi connectivity index (χ0n) is 20.1. The fraction of sp³-hybridized carbons (Fsp3) is 0.654. The molecule has 6 heteroatoms. The van der Waals surface area contributed by atoms with Crippen molar-refractivity contribution in [1.82, 2.24) is 19.6 Å². The van der Waals surface area contributed by atoms with E-state index in [2.05, 4.69) is 38.0 Å². The third kappa shape index (κ3) is 4.55. The molecule has 3 heterocycles. The Balaban J connectivity index is 1.48. The average molecular weight is 439 g/mol. The molecule has 0 bridgehead atoms. The van der Waals surface area contributed by atoms with E-state index in [1.165, 1.54) is 19.3 Å². The summed E-state index contributed by atoms with van der Waals surface area (Å²) in [6.07, 6.45) is 8.59. The number of piperidine rings is 1. The van der Waals surface area contributed by atoms with Crippen molar-refractivity contribution in [2.24, 2.45) is 23.2 Å². The number of carbonyl (C=O) groups excluding carboxylic acids is 2. The summed E-state index contributed by atoms with van der Waals surface area (Å²) in [6, 6.07) is 5.50. The highest BCUT2D eigenvalue weighted by Crippen LogP contribution is 2.45. The Labute approximate surface area is 191 Å². The van der Waals surface area contributed by atoms with Crippen LogP contribution in [0.3, 0.4) is 0 Å². The smallest absolute Gasteiger partial charge is 0.274 e. The molecule has 1 N–H and O–H groups in total. The van der Waals surface area contributed by atoms with Crippen molar-refractivity contribution in [3.05, 3.63) is 35.8 Å². The number of carbonyl (C=O) groups is 2. The van der Waals surface area contributed by atoms with Crippen LogP contribution in [-0.4, -0.2) is 45.7 Å². The van der Waals surface area contributed by atoms with Crippen LogP contribution in [0.1, 0.15) is 87.2 Å². The van der Waals surface area contributed by atoms with Crippen LogP contribution in [0.4, 0.5) is 0 Å². The molecular formula is C26H38N4O2. The second-order valence-corrected chi connectivity index (χ2v) is 10.6. The lowest BCUT2D eigenvalue weighted by atomic mass is 9.62. The van der Waals surface area contributed by atoms with Gasteiger partial charge in [-0.05, 0) is 61.0 Å². The van der Waals surface area contributed by atoms with Gasteiger partial charge < -0.3 is 10.2 Å². The highest BCUT2D eigenvalue weighted by molar-refractivity contribution is 5.95. The number of amides is 2. The molecule has 2 atom stereocenters. The molecule has 174 valence electrons. The van der Waals surface area contributed by atoms with Crippen molar-refractivity contribution in [1.29, 1.82) is 0 Å². The summed E-state index contributed by atoms with van der Waals surface area (Å²) in [4.78, 5) is 32.5. The normalized spacial score (nSPS) is 23.9. The van der Waals surface area contributed by atoms with Gasteiger partial charge in [-0.1, -0.05) is 46.6 Å². The summed E-state index contributed by atoms with van der Waals surface area (Å²) in [5, 5.41) is 3.19. The van der Waals surface area contributed by atoms with Crippen molar-refractivity contribution >= 4 is 17.5 Å². The van der Waals surface area contributed by atoms with Crippen LogP contribution >= 0.6 is 0 Å². The van der Waals surface area contributed by atoms with Gasteiger partial charge in [0, 0.05) is 25.8 Å². The predicted octanol–water partition coefficient (Wildman–Crippen LogP) is 4.79. The largest absolute Gasteiger partial charge is 0.350 e. The molecule has 2 aromatic heterocycles. The Morgan fingerprint density at radius 2 is 1.94 bits per heavy atom. The van der Waals surface area contributed by atoms with Gasteiger partial charge in [0.15, 0.2) is 0 Å². The molecule has 32 heavy (non-hydrogen) atoms. The Morgan fingerprint density at radius 1 is 1.19 bits per heavy atom. The molecule has 1 aliphatic heterocycles. The Kier molecular flexibility index (Phi) is 6.59. The van der Waals surface area contributed by atoms with E-state index >= 15 is 0 Å². The highest BCUT2D eigenvalue weighted by Gasteiger charge is 2.37. The molecule has 1 aliphatic carbocycles. The molecule has 1 saturated carbocycles. The molecule has 2 fully saturated rings. The topological polar surface area (TPSA) is 66.7 Å². The van der Waals surface area contributed by atoms with Crippen molar-refractivity contribution in [2.75, 3.05) is 19.6 Å². The van der Waals surface area contributed by atoms with E-state index in [0.717, 1.165) is 32.4 Å². The minimum atomic E-state index is -0.1000. The van der Waals surface area contributed by atoms with E-state index in [1.807, 2.05) is 23.1 Å². The van der Waals surface area contributed by atoms with Gasteiger partial charge in [-0.3, -0.25) is 14.0 Å². The zero-order chi connectivity index (χ0) is 22.9. The minimum absolute atomic E-state index is 0.0396. The van der Waals surface area contributed by atoms with Crippen LogP contribution in [0, 0.1) is 23.2 Å². The maximum absolute atomic E-state index is 13.1. The second kappa shape index (κ2) is 9.24. The molecular weight excluding hydrogens is 400 g/mol. The SMILES string of the molecule is CCC1C(CNC(=O)c2cccc3nc(C(=O)N4CCC(C)CC4)cn23)CCCC1(C)C. The second-order valence-electron chi connectivity index (χ2n) is 10.6. The molecule has 2 aromatic rings. The number of fused-ring (bicyclic) bond motifs is 1. The van der Waals surface area contributed by atoms with Crippen LogP contribution in [0.5, 0.6) is 0 Å². The third-order valence-corrected chi connectivity index (χ3v) is 7.95. The Morgan fingerprint density at radius 3 is 2.66 bits per heavy atom. The first kappa shape index (κ1) is 22.8. The van der Waals surface area contributed by atoms with Gasteiger partial charge >= 0.3 is 0 Å². The lowest BCUT2D eigenvalue weighted by molar-refractivity contribution is 0.0661. The fourth-order valence-corrected chi connectivity index (χ4v) is 5.96. The molecule has 6 nitrogen and oxygen atoms in total. The van der Waals surface area contributed by atoms with E-state index in [1.54, 1.807) is 10.6 Å². The number of aromatic nitrogens is 2. The van der Waals surface area contributed by atoms with E-state index in [4.69, 9.17) is 0 Å². The Bertz CT molecular complexity index is 971.